The maximum atomic E-state index is 12.2. The molecule has 0 bridgehead atoms. The van der Waals surface area contributed by atoms with E-state index in [0.29, 0.717) is 18.7 Å². The quantitative estimate of drug-likeness (QED) is 0.488. The van der Waals surface area contributed by atoms with Crippen molar-refractivity contribution < 1.29 is 19.0 Å². The summed E-state index contributed by atoms with van der Waals surface area (Å²) >= 11 is 0. The number of aryl methyl sites for hydroxylation is 2. The molecule has 0 amide bonds. The fraction of sp³-hybridized carbons (Fsp3) is 0.375. The van der Waals surface area contributed by atoms with Crippen LogP contribution in [0.4, 0.5) is 0 Å². The maximum Gasteiger partial charge on any atom is 0.349 e. The molecule has 0 radical (unpaired) electrons. The fourth-order valence-corrected chi connectivity index (χ4v) is 3.37. The number of nitrogens with zero attached hydrogens (tertiary/aromatic N) is 2. The average molecular weight is 440 g/mol. The number of hydrogen-bond donors (Lipinski definition) is 1. The molecule has 0 unspecified atom stereocenters. The molecule has 2 aromatic carbocycles. The van der Waals surface area contributed by atoms with Crippen LogP contribution in [-0.2, 0) is 28.9 Å². The summed E-state index contributed by atoms with van der Waals surface area (Å²) in [6.45, 7) is 3.79. The molecule has 1 N–H and O–H groups in total. The first-order valence-corrected chi connectivity index (χ1v) is 10.5. The van der Waals surface area contributed by atoms with Crippen molar-refractivity contribution in [1.29, 1.82) is 0 Å². The van der Waals surface area contributed by atoms with E-state index in [-0.39, 0.29) is 5.69 Å². The van der Waals surface area contributed by atoms with Gasteiger partial charge in [-0.1, -0.05) is 24.3 Å². The van der Waals surface area contributed by atoms with Crippen LogP contribution in [0.1, 0.15) is 37.2 Å². The van der Waals surface area contributed by atoms with Gasteiger partial charge in [-0.05, 0) is 62.1 Å². The zero-order valence-electron chi connectivity index (χ0n) is 18.9. The monoisotopic (exact) mass is 439 g/mol. The van der Waals surface area contributed by atoms with Crippen LogP contribution in [0.3, 0.4) is 0 Å². The van der Waals surface area contributed by atoms with Crippen molar-refractivity contribution in [3.63, 3.8) is 0 Å². The molecule has 0 aliphatic heterocycles. The van der Waals surface area contributed by atoms with Gasteiger partial charge in [0.25, 0.3) is 0 Å². The Hall–Kier alpha value is -3.55. The second-order valence-corrected chi connectivity index (χ2v) is 7.98. The number of ether oxygens (including phenoxy) is 3. The first kappa shape index (κ1) is 23.1. The largest absolute Gasteiger partial charge is 0.497 e. The lowest BCUT2D eigenvalue weighted by atomic mass is 10.1. The van der Waals surface area contributed by atoms with Crippen molar-refractivity contribution in [1.82, 2.24) is 14.8 Å². The molecule has 3 aromatic rings. The molecular weight excluding hydrogens is 410 g/mol. The summed E-state index contributed by atoms with van der Waals surface area (Å²) in [5.41, 5.74) is 0.864. The van der Waals surface area contributed by atoms with Crippen molar-refractivity contribution in [3.8, 4) is 11.5 Å². The average Bonchev–Trinajstić information content (AvgIpc) is 3.14. The van der Waals surface area contributed by atoms with E-state index < -0.39 is 11.6 Å². The van der Waals surface area contributed by atoms with E-state index in [1.54, 1.807) is 25.5 Å². The minimum Gasteiger partial charge on any atom is -0.497 e. The molecule has 0 saturated carbocycles. The van der Waals surface area contributed by atoms with Crippen molar-refractivity contribution in [2.75, 3.05) is 14.2 Å². The number of nitrogens with one attached hydrogen (secondary N) is 1. The number of H-pyrrole nitrogens is 1. The molecular formula is C24H29N3O5. The van der Waals surface area contributed by atoms with Gasteiger partial charge in [0.1, 0.15) is 17.3 Å². The van der Waals surface area contributed by atoms with Gasteiger partial charge in [-0.3, -0.25) is 4.57 Å². The summed E-state index contributed by atoms with van der Waals surface area (Å²) in [6, 6.07) is 15.2. The summed E-state index contributed by atoms with van der Waals surface area (Å²) < 4.78 is 17.3. The molecule has 170 valence electrons. The lowest BCUT2D eigenvalue weighted by Crippen LogP contribution is -2.39. The molecule has 8 nitrogen and oxygen atoms in total. The third kappa shape index (κ3) is 5.78. The molecule has 3 rings (SSSR count). The Morgan fingerprint density at radius 1 is 0.969 bits per heavy atom. The van der Waals surface area contributed by atoms with E-state index in [1.807, 2.05) is 48.5 Å². The highest BCUT2D eigenvalue weighted by Gasteiger charge is 2.30. The number of methoxy groups -OCH3 is 2. The van der Waals surface area contributed by atoms with Crippen LogP contribution in [-0.4, -0.2) is 40.6 Å². The third-order valence-corrected chi connectivity index (χ3v) is 5.18. The number of aromatic amines is 1. The number of hydrogen-bond acceptors (Lipinski definition) is 6. The van der Waals surface area contributed by atoms with Gasteiger partial charge in [-0.15, -0.1) is 0 Å². The van der Waals surface area contributed by atoms with Crippen molar-refractivity contribution in [2.45, 2.75) is 45.3 Å². The van der Waals surface area contributed by atoms with Gasteiger partial charge in [0.05, 0.1) is 20.8 Å². The summed E-state index contributed by atoms with van der Waals surface area (Å²) in [6.07, 6.45) is 2.33. The zero-order valence-corrected chi connectivity index (χ0v) is 18.9. The molecule has 0 spiro atoms. The van der Waals surface area contributed by atoms with E-state index in [4.69, 9.17) is 14.2 Å². The summed E-state index contributed by atoms with van der Waals surface area (Å²) in [5, 5.41) is 6.74. The van der Waals surface area contributed by atoms with Gasteiger partial charge >= 0.3 is 11.7 Å². The second kappa shape index (κ2) is 10.2. The topological polar surface area (TPSA) is 95.4 Å². The smallest absolute Gasteiger partial charge is 0.349 e. The van der Waals surface area contributed by atoms with Gasteiger partial charge in [-0.2, -0.15) is 5.10 Å². The van der Waals surface area contributed by atoms with Crippen LogP contribution < -0.4 is 15.2 Å². The van der Waals surface area contributed by atoms with Gasteiger partial charge in [0.2, 0.25) is 0 Å². The SMILES string of the molecule is COC(=O)C(C)(C)Oc1ccc(CCCc2n[nH]c(=O)n2Cc2ccc(OC)cc2)cc1. The van der Waals surface area contributed by atoms with Crippen molar-refractivity contribution in [3.05, 3.63) is 76.0 Å². The Morgan fingerprint density at radius 3 is 2.22 bits per heavy atom. The zero-order chi connectivity index (χ0) is 23.1. The molecule has 1 aromatic heterocycles. The second-order valence-electron chi connectivity index (χ2n) is 7.98. The Morgan fingerprint density at radius 2 is 1.59 bits per heavy atom. The number of carbonyl (C=O) groups is 1. The van der Waals surface area contributed by atoms with Gasteiger partial charge < -0.3 is 14.2 Å². The van der Waals surface area contributed by atoms with Crippen LogP contribution in [0.2, 0.25) is 0 Å². The molecule has 0 atom stereocenters. The van der Waals surface area contributed by atoms with Crippen LogP contribution in [0.25, 0.3) is 0 Å². The fourth-order valence-electron chi connectivity index (χ4n) is 3.37. The molecule has 0 fully saturated rings. The molecule has 32 heavy (non-hydrogen) atoms. The van der Waals surface area contributed by atoms with Crippen LogP contribution in [0, 0.1) is 0 Å². The lowest BCUT2D eigenvalue weighted by Gasteiger charge is -2.23. The van der Waals surface area contributed by atoms with Crippen molar-refractivity contribution >= 4 is 5.97 Å². The summed E-state index contributed by atoms with van der Waals surface area (Å²) in [5.74, 6) is 1.68. The first-order valence-electron chi connectivity index (χ1n) is 10.5. The third-order valence-electron chi connectivity index (χ3n) is 5.18. The lowest BCUT2D eigenvalue weighted by molar-refractivity contribution is -0.156. The molecule has 0 saturated heterocycles. The normalized spacial score (nSPS) is 11.2. The first-order chi connectivity index (χ1) is 15.3. The standard InChI is InChI=1S/C24H29N3O5/c1-24(2,22(28)31-4)32-20-14-8-17(9-15-20)6-5-7-21-25-26-23(29)27(21)16-18-10-12-19(30-3)13-11-18/h8-15H,5-7,16H2,1-4H3,(H,26,29). The molecule has 1 heterocycles. The predicted octanol–water partition coefficient (Wildman–Crippen LogP) is 3.13. The van der Waals surface area contributed by atoms with Crippen LogP contribution >= 0.6 is 0 Å². The number of esters is 1. The van der Waals surface area contributed by atoms with E-state index in [1.165, 1.54) is 7.11 Å². The van der Waals surface area contributed by atoms with Crippen molar-refractivity contribution in [2.24, 2.45) is 0 Å². The maximum absolute atomic E-state index is 12.2. The van der Waals surface area contributed by atoms with E-state index in [9.17, 15) is 9.59 Å². The minimum atomic E-state index is -1.05. The highest BCUT2D eigenvalue weighted by Crippen LogP contribution is 2.21. The highest BCUT2D eigenvalue weighted by molar-refractivity contribution is 5.78. The number of aromatic nitrogens is 3. The van der Waals surface area contributed by atoms with Crippen LogP contribution in [0.15, 0.2) is 53.3 Å². The molecule has 0 aliphatic carbocycles. The summed E-state index contributed by atoms with van der Waals surface area (Å²) in [7, 11) is 2.96. The molecule has 8 heteroatoms. The van der Waals surface area contributed by atoms with E-state index >= 15 is 0 Å². The number of rotatable bonds is 10. The van der Waals surface area contributed by atoms with E-state index in [0.717, 1.165) is 35.5 Å². The summed E-state index contributed by atoms with van der Waals surface area (Å²) in [4.78, 5) is 24.0. The van der Waals surface area contributed by atoms with E-state index in [2.05, 4.69) is 10.2 Å². The van der Waals surface area contributed by atoms with Gasteiger partial charge in [-0.25, -0.2) is 14.7 Å². The molecule has 0 aliphatic rings. The Kier molecular flexibility index (Phi) is 7.35. The van der Waals surface area contributed by atoms with Crippen LogP contribution in [0.5, 0.6) is 11.5 Å². The number of carbonyl (C=O) groups excluding carboxylic acids is 1. The number of benzene rings is 2. The van der Waals surface area contributed by atoms with Gasteiger partial charge in [0.15, 0.2) is 5.60 Å². The van der Waals surface area contributed by atoms with Gasteiger partial charge in [0, 0.05) is 6.42 Å². The Labute approximate surface area is 187 Å². The predicted molar refractivity (Wildman–Crippen MR) is 120 cm³/mol. The highest BCUT2D eigenvalue weighted by atomic mass is 16.6. The minimum absolute atomic E-state index is 0.217. The Balaban J connectivity index is 1.56. The Bertz CT molecular complexity index is 1080.